The molecule has 4 rings (SSSR count). The number of benzene rings is 2. The van der Waals surface area contributed by atoms with Crippen LogP contribution in [0.5, 0.6) is 11.5 Å². The molecule has 2 heterocycles. The number of rotatable bonds is 10. The molecular formula is C29H33ClN4O5. The van der Waals surface area contributed by atoms with Gasteiger partial charge in [0.1, 0.15) is 29.1 Å². The molecule has 2 amide bonds. The summed E-state index contributed by atoms with van der Waals surface area (Å²) in [5.74, 6) is 1.90. The van der Waals surface area contributed by atoms with Gasteiger partial charge in [-0.3, -0.25) is 4.79 Å². The Hall–Kier alpha value is -3.98. The van der Waals surface area contributed by atoms with E-state index in [4.69, 9.17) is 25.8 Å². The molecule has 206 valence electrons. The smallest absolute Gasteiger partial charge is 0.410 e. The summed E-state index contributed by atoms with van der Waals surface area (Å²) in [6, 6.07) is 18.4. The van der Waals surface area contributed by atoms with E-state index in [2.05, 4.69) is 15.6 Å². The first-order valence-electron chi connectivity index (χ1n) is 12.8. The molecule has 3 aromatic rings. The second kappa shape index (κ2) is 13.7. The zero-order valence-corrected chi connectivity index (χ0v) is 22.9. The number of halogens is 1. The van der Waals surface area contributed by atoms with Crippen molar-refractivity contribution in [1.29, 1.82) is 0 Å². The topological polar surface area (TPSA) is 102 Å². The first kappa shape index (κ1) is 28.0. The van der Waals surface area contributed by atoms with Gasteiger partial charge >= 0.3 is 6.09 Å². The van der Waals surface area contributed by atoms with E-state index >= 15 is 0 Å². The average Bonchev–Trinajstić information content (AvgIpc) is 2.98. The van der Waals surface area contributed by atoms with E-state index < -0.39 is 0 Å². The average molecular weight is 553 g/mol. The quantitative estimate of drug-likeness (QED) is 0.336. The highest BCUT2D eigenvalue weighted by molar-refractivity contribution is 6.29. The van der Waals surface area contributed by atoms with Crippen LogP contribution < -0.4 is 20.1 Å². The molecule has 9 nitrogen and oxygen atoms in total. The van der Waals surface area contributed by atoms with Gasteiger partial charge in [-0.25, -0.2) is 9.78 Å². The lowest BCUT2D eigenvalue weighted by Crippen LogP contribution is -2.41. The molecule has 0 atom stereocenters. The minimum absolute atomic E-state index is 0.217. The van der Waals surface area contributed by atoms with Gasteiger partial charge in [0.25, 0.3) is 5.91 Å². The minimum Gasteiger partial charge on any atom is -0.497 e. The van der Waals surface area contributed by atoms with Crippen molar-refractivity contribution in [2.24, 2.45) is 5.92 Å². The molecule has 39 heavy (non-hydrogen) atoms. The van der Waals surface area contributed by atoms with Crippen molar-refractivity contribution in [3.05, 3.63) is 82.5 Å². The van der Waals surface area contributed by atoms with Gasteiger partial charge in [-0.2, -0.15) is 0 Å². The lowest BCUT2D eigenvalue weighted by atomic mass is 9.97. The van der Waals surface area contributed by atoms with Gasteiger partial charge in [0.2, 0.25) is 0 Å². The number of ether oxygens (including phenoxy) is 3. The van der Waals surface area contributed by atoms with Crippen LogP contribution in [-0.2, 0) is 17.9 Å². The van der Waals surface area contributed by atoms with E-state index in [1.807, 2.05) is 42.5 Å². The highest BCUT2D eigenvalue weighted by Crippen LogP contribution is 2.26. The maximum Gasteiger partial charge on any atom is 0.410 e. The molecule has 1 aliphatic heterocycles. The van der Waals surface area contributed by atoms with Crippen LogP contribution in [0.2, 0.25) is 5.15 Å². The standard InChI is InChI=1S/C29H33ClN4O5/c1-37-24-9-8-22(25(16-24)38-2)18-31-27-15-23(14-26(30)33-27)28(35)32-17-20-10-12-34(13-11-20)29(36)39-19-21-6-4-3-5-7-21/h3-9,14-16,20H,10-13,17-19H2,1-2H3,(H,31,33)(H,32,35). The number of aromatic nitrogens is 1. The van der Waals surface area contributed by atoms with E-state index in [-0.39, 0.29) is 29.7 Å². The highest BCUT2D eigenvalue weighted by Gasteiger charge is 2.24. The second-order valence-corrected chi connectivity index (χ2v) is 9.66. The third-order valence-electron chi connectivity index (χ3n) is 6.64. The number of likely N-dealkylation sites (tertiary alicyclic amines) is 1. The molecule has 0 radical (unpaired) electrons. The summed E-state index contributed by atoms with van der Waals surface area (Å²) in [4.78, 5) is 31.3. The van der Waals surface area contributed by atoms with Gasteiger partial charge in [-0.1, -0.05) is 41.9 Å². The molecule has 2 N–H and O–H groups in total. The zero-order valence-electron chi connectivity index (χ0n) is 22.1. The van der Waals surface area contributed by atoms with Gasteiger partial charge in [0, 0.05) is 43.4 Å². The maximum atomic E-state index is 12.9. The van der Waals surface area contributed by atoms with Crippen molar-refractivity contribution in [3.8, 4) is 11.5 Å². The summed E-state index contributed by atoms with van der Waals surface area (Å²) < 4.78 is 16.1. The van der Waals surface area contributed by atoms with Crippen molar-refractivity contribution in [1.82, 2.24) is 15.2 Å². The van der Waals surface area contributed by atoms with Crippen molar-refractivity contribution in [2.75, 3.05) is 39.2 Å². The van der Waals surface area contributed by atoms with Crippen LogP contribution in [0, 0.1) is 5.92 Å². The summed E-state index contributed by atoms with van der Waals surface area (Å²) in [6.45, 7) is 2.39. The Morgan fingerprint density at radius 2 is 1.79 bits per heavy atom. The number of piperidine rings is 1. The number of carbonyl (C=O) groups is 2. The van der Waals surface area contributed by atoms with Gasteiger partial charge in [-0.15, -0.1) is 0 Å². The van der Waals surface area contributed by atoms with Crippen molar-refractivity contribution >= 4 is 29.4 Å². The zero-order chi connectivity index (χ0) is 27.6. The molecule has 0 unspecified atom stereocenters. The normalized spacial score (nSPS) is 13.5. The molecule has 0 saturated carbocycles. The summed E-state index contributed by atoms with van der Waals surface area (Å²) in [7, 11) is 3.20. The fourth-order valence-corrected chi connectivity index (χ4v) is 4.58. The molecule has 2 aromatic carbocycles. The van der Waals surface area contributed by atoms with Crippen LogP contribution in [0.1, 0.15) is 34.3 Å². The third-order valence-corrected chi connectivity index (χ3v) is 6.83. The minimum atomic E-state index is -0.306. The monoisotopic (exact) mass is 552 g/mol. The summed E-state index contributed by atoms with van der Waals surface area (Å²) in [6.07, 6.45) is 1.27. The molecule has 1 saturated heterocycles. The van der Waals surface area contributed by atoms with Gasteiger partial charge in [0.15, 0.2) is 0 Å². The summed E-state index contributed by atoms with van der Waals surface area (Å²) in [5.41, 5.74) is 2.28. The number of nitrogens with one attached hydrogen (secondary N) is 2. The Morgan fingerprint density at radius 3 is 2.51 bits per heavy atom. The second-order valence-electron chi connectivity index (χ2n) is 9.28. The van der Waals surface area contributed by atoms with Crippen LogP contribution in [0.25, 0.3) is 0 Å². The van der Waals surface area contributed by atoms with E-state index in [1.54, 1.807) is 37.3 Å². The number of amides is 2. The van der Waals surface area contributed by atoms with Crippen LogP contribution >= 0.6 is 11.6 Å². The molecule has 0 bridgehead atoms. The first-order valence-corrected chi connectivity index (χ1v) is 13.2. The van der Waals surface area contributed by atoms with Crippen LogP contribution in [0.15, 0.2) is 60.7 Å². The Morgan fingerprint density at radius 1 is 1.03 bits per heavy atom. The van der Waals surface area contributed by atoms with Crippen LogP contribution in [-0.4, -0.2) is 55.7 Å². The van der Waals surface area contributed by atoms with E-state index in [1.165, 1.54) is 0 Å². The maximum absolute atomic E-state index is 12.9. The van der Waals surface area contributed by atoms with Crippen LogP contribution in [0.3, 0.4) is 0 Å². The van der Waals surface area contributed by atoms with Crippen LogP contribution in [0.4, 0.5) is 10.6 Å². The number of pyridine rings is 1. The predicted octanol–water partition coefficient (Wildman–Crippen LogP) is 5.14. The number of carbonyl (C=O) groups excluding carboxylic acids is 2. The Balaban J connectivity index is 1.24. The van der Waals surface area contributed by atoms with E-state index in [0.717, 1.165) is 24.0 Å². The van der Waals surface area contributed by atoms with E-state index in [9.17, 15) is 9.59 Å². The summed E-state index contributed by atoms with van der Waals surface area (Å²) in [5, 5.41) is 6.42. The third kappa shape index (κ3) is 8.00. The molecule has 1 aromatic heterocycles. The SMILES string of the molecule is COc1ccc(CNc2cc(C(=O)NCC3CCN(C(=O)OCc4ccccc4)CC3)cc(Cl)n2)c(OC)c1. The van der Waals surface area contributed by atoms with Gasteiger partial charge in [0.05, 0.1) is 14.2 Å². The number of hydrogen-bond donors (Lipinski definition) is 2. The van der Waals surface area contributed by atoms with E-state index in [0.29, 0.717) is 49.1 Å². The number of nitrogens with zero attached hydrogens (tertiary/aromatic N) is 2. The Labute approximate surface area is 233 Å². The summed E-state index contributed by atoms with van der Waals surface area (Å²) >= 11 is 6.21. The molecule has 1 fully saturated rings. The fraction of sp³-hybridized carbons (Fsp3) is 0.345. The molecular weight excluding hydrogens is 520 g/mol. The van der Waals surface area contributed by atoms with Gasteiger partial charge < -0.3 is 29.7 Å². The Bertz CT molecular complexity index is 1270. The molecule has 0 spiro atoms. The van der Waals surface area contributed by atoms with Crippen molar-refractivity contribution < 1.29 is 23.8 Å². The predicted molar refractivity (Wildman–Crippen MR) is 149 cm³/mol. The lowest BCUT2D eigenvalue weighted by Gasteiger charge is -2.31. The lowest BCUT2D eigenvalue weighted by molar-refractivity contribution is 0.0801. The van der Waals surface area contributed by atoms with Crippen molar-refractivity contribution in [2.45, 2.75) is 26.0 Å². The molecule has 0 aliphatic carbocycles. The van der Waals surface area contributed by atoms with Gasteiger partial charge in [-0.05, 0) is 48.6 Å². The fourth-order valence-electron chi connectivity index (χ4n) is 4.37. The number of hydrogen-bond acceptors (Lipinski definition) is 7. The molecule has 10 heteroatoms. The Kier molecular flexibility index (Phi) is 9.85. The number of anilines is 1. The molecule has 1 aliphatic rings. The van der Waals surface area contributed by atoms with Crippen molar-refractivity contribution in [3.63, 3.8) is 0 Å². The highest BCUT2D eigenvalue weighted by atomic mass is 35.5. The largest absolute Gasteiger partial charge is 0.497 e. The number of methoxy groups -OCH3 is 2. The first-order chi connectivity index (χ1) is 18.9.